The number of halogens is 2. The highest BCUT2D eigenvalue weighted by molar-refractivity contribution is 6.04. The Morgan fingerprint density at radius 3 is 2.63 bits per heavy atom. The molecular weight excluding hydrogens is 371 g/mol. The van der Waals surface area contributed by atoms with Crippen molar-refractivity contribution in [1.29, 1.82) is 0 Å². The van der Waals surface area contributed by atoms with Gasteiger partial charge in [-0.15, -0.1) is 12.4 Å². The van der Waals surface area contributed by atoms with Crippen molar-refractivity contribution in [3.8, 4) is 0 Å². The van der Waals surface area contributed by atoms with Gasteiger partial charge < -0.3 is 20.1 Å². The van der Waals surface area contributed by atoms with Crippen molar-refractivity contribution < 1.29 is 18.7 Å². The van der Waals surface area contributed by atoms with E-state index in [4.69, 9.17) is 9.47 Å². The largest absolute Gasteiger partial charge is 0.382 e. The van der Waals surface area contributed by atoms with E-state index in [0.717, 1.165) is 17.8 Å². The van der Waals surface area contributed by atoms with Crippen LogP contribution in [0.2, 0.25) is 0 Å². The van der Waals surface area contributed by atoms with Gasteiger partial charge in [0.05, 0.1) is 19.8 Å². The lowest BCUT2D eigenvalue weighted by Crippen LogP contribution is -2.17. The zero-order valence-corrected chi connectivity index (χ0v) is 16.4. The second kappa shape index (κ2) is 12.4. The van der Waals surface area contributed by atoms with Crippen LogP contribution >= 0.6 is 12.4 Å². The molecule has 2 N–H and O–H groups in total. The number of carbonyl (C=O) groups excluding carboxylic acids is 1. The zero-order chi connectivity index (χ0) is 18.8. The van der Waals surface area contributed by atoms with Crippen LogP contribution in [-0.2, 0) is 22.6 Å². The molecule has 0 aliphatic rings. The van der Waals surface area contributed by atoms with Crippen molar-refractivity contribution in [2.24, 2.45) is 0 Å². The third kappa shape index (κ3) is 7.27. The van der Waals surface area contributed by atoms with Crippen LogP contribution in [0.4, 0.5) is 10.1 Å². The fourth-order valence-electron chi connectivity index (χ4n) is 2.40. The van der Waals surface area contributed by atoms with Crippen molar-refractivity contribution in [2.75, 3.05) is 32.2 Å². The highest BCUT2D eigenvalue weighted by Gasteiger charge is 2.12. The highest BCUT2D eigenvalue weighted by atomic mass is 35.5. The van der Waals surface area contributed by atoms with Gasteiger partial charge in [-0.25, -0.2) is 4.39 Å². The minimum Gasteiger partial charge on any atom is -0.382 e. The van der Waals surface area contributed by atoms with E-state index in [0.29, 0.717) is 30.9 Å². The molecule has 0 fully saturated rings. The molecule has 2 aromatic rings. The Balaban J connectivity index is 0.00000364. The van der Waals surface area contributed by atoms with Gasteiger partial charge in [-0.2, -0.15) is 0 Å². The van der Waals surface area contributed by atoms with Gasteiger partial charge in [0.15, 0.2) is 0 Å². The Morgan fingerprint density at radius 2 is 1.89 bits per heavy atom. The maximum Gasteiger partial charge on any atom is 0.255 e. The first-order valence-electron chi connectivity index (χ1n) is 8.60. The molecule has 7 heteroatoms. The molecule has 0 spiro atoms. The first-order valence-corrected chi connectivity index (χ1v) is 8.60. The molecule has 0 atom stereocenters. The number of methoxy groups -OCH3 is 1. The van der Waals surface area contributed by atoms with E-state index in [1.165, 1.54) is 18.2 Å². The zero-order valence-electron chi connectivity index (χ0n) is 15.6. The normalized spacial score (nSPS) is 10.3. The van der Waals surface area contributed by atoms with Crippen LogP contribution in [0.3, 0.4) is 0 Å². The monoisotopic (exact) mass is 396 g/mol. The van der Waals surface area contributed by atoms with E-state index in [2.05, 4.69) is 10.6 Å². The van der Waals surface area contributed by atoms with Crippen LogP contribution in [0, 0.1) is 5.82 Å². The van der Waals surface area contributed by atoms with Gasteiger partial charge in [0.25, 0.3) is 5.91 Å². The number of benzene rings is 2. The van der Waals surface area contributed by atoms with Crippen molar-refractivity contribution in [2.45, 2.75) is 20.1 Å². The fraction of sp³-hybridized carbons (Fsp3) is 0.350. The summed E-state index contributed by atoms with van der Waals surface area (Å²) in [7, 11) is 1.57. The summed E-state index contributed by atoms with van der Waals surface area (Å²) in [6, 6.07) is 11.9. The summed E-state index contributed by atoms with van der Waals surface area (Å²) < 4.78 is 24.2. The van der Waals surface area contributed by atoms with Crippen molar-refractivity contribution in [3.63, 3.8) is 0 Å². The molecule has 0 aliphatic heterocycles. The van der Waals surface area contributed by atoms with E-state index in [9.17, 15) is 9.18 Å². The minimum atomic E-state index is -0.397. The summed E-state index contributed by atoms with van der Waals surface area (Å²) in [5, 5.41) is 6.14. The lowest BCUT2D eigenvalue weighted by atomic mass is 10.1. The summed E-state index contributed by atoms with van der Waals surface area (Å²) >= 11 is 0. The van der Waals surface area contributed by atoms with Gasteiger partial charge in [0, 0.05) is 30.5 Å². The number of carbonyl (C=O) groups is 1. The van der Waals surface area contributed by atoms with Crippen LogP contribution in [0.1, 0.15) is 28.4 Å². The topological polar surface area (TPSA) is 59.6 Å². The Morgan fingerprint density at radius 1 is 1.11 bits per heavy atom. The Bertz CT molecular complexity index is 728. The van der Waals surface area contributed by atoms with E-state index in [-0.39, 0.29) is 24.9 Å². The van der Waals surface area contributed by atoms with Crippen LogP contribution in [0.25, 0.3) is 0 Å². The molecule has 0 bridgehead atoms. The maximum absolute atomic E-state index is 13.9. The van der Waals surface area contributed by atoms with Gasteiger partial charge in [-0.1, -0.05) is 25.1 Å². The SMILES string of the molecule is CCNCc1ccccc1NC(=O)c1ccc(F)c(COCCOC)c1.Cl. The molecule has 2 rings (SSSR count). The molecule has 0 heterocycles. The number of anilines is 1. The fourth-order valence-corrected chi connectivity index (χ4v) is 2.40. The number of hydrogen-bond donors (Lipinski definition) is 2. The molecule has 0 radical (unpaired) electrons. The van der Waals surface area contributed by atoms with Crippen LogP contribution < -0.4 is 10.6 Å². The predicted molar refractivity (Wildman–Crippen MR) is 107 cm³/mol. The van der Waals surface area contributed by atoms with Crippen LogP contribution in [0.5, 0.6) is 0 Å². The molecule has 0 saturated heterocycles. The standard InChI is InChI=1S/C20H25FN2O3.ClH/c1-3-22-13-16-6-4-5-7-19(16)23-20(24)15-8-9-18(21)17(12-15)14-26-11-10-25-2;/h4-9,12,22H,3,10-11,13-14H2,1-2H3,(H,23,24);1H. The molecule has 0 unspecified atom stereocenters. The number of amides is 1. The molecule has 0 saturated carbocycles. The first kappa shape index (κ1) is 23.0. The molecule has 5 nitrogen and oxygen atoms in total. The van der Waals surface area contributed by atoms with Gasteiger partial charge >= 0.3 is 0 Å². The minimum absolute atomic E-state index is 0. The third-order valence-corrected chi connectivity index (χ3v) is 3.83. The number of hydrogen-bond acceptors (Lipinski definition) is 4. The van der Waals surface area contributed by atoms with E-state index < -0.39 is 5.82 Å². The Labute approximate surface area is 165 Å². The number of rotatable bonds is 10. The van der Waals surface area contributed by atoms with Crippen molar-refractivity contribution >= 4 is 24.0 Å². The molecule has 27 heavy (non-hydrogen) atoms. The van der Waals surface area contributed by atoms with E-state index in [1.807, 2.05) is 31.2 Å². The summed E-state index contributed by atoms with van der Waals surface area (Å²) in [5.74, 6) is -0.682. The Hall–Kier alpha value is -1.99. The molecule has 148 valence electrons. The summed E-state index contributed by atoms with van der Waals surface area (Å²) in [6.07, 6.45) is 0. The average Bonchev–Trinajstić information content (AvgIpc) is 2.65. The maximum atomic E-state index is 13.9. The smallest absolute Gasteiger partial charge is 0.255 e. The second-order valence-electron chi connectivity index (χ2n) is 5.74. The van der Waals surface area contributed by atoms with E-state index >= 15 is 0 Å². The second-order valence-corrected chi connectivity index (χ2v) is 5.74. The number of nitrogens with one attached hydrogen (secondary N) is 2. The Kier molecular flexibility index (Phi) is 10.6. The third-order valence-electron chi connectivity index (χ3n) is 3.83. The van der Waals surface area contributed by atoms with Crippen molar-refractivity contribution in [1.82, 2.24) is 5.32 Å². The number of ether oxygens (including phenoxy) is 2. The van der Waals surface area contributed by atoms with Gasteiger partial charge in [0.1, 0.15) is 5.82 Å². The summed E-state index contributed by atoms with van der Waals surface area (Å²) in [5.41, 5.74) is 2.46. The lowest BCUT2D eigenvalue weighted by molar-refractivity contribution is 0.0604. The molecule has 0 aliphatic carbocycles. The van der Waals surface area contributed by atoms with E-state index in [1.54, 1.807) is 7.11 Å². The van der Waals surface area contributed by atoms with Gasteiger partial charge in [0.2, 0.25) is 0 Å². The van der Waals surface area contributed by atoms with Gasteiger partial charge in [-0.3, -0.25) is 4.79 Å². The van der Waals surface area contributed by atoms with Crippen LogP contribution in [-0.4, -0.2) is 32.8 Å². The van der Waals surface area contributed by atoms with Crippen LogP contribution in [0.15, 0.2) is 42.5 Å². The van der Waals surface area contributed by atoms with Gasteiger partial charge in [-0.05, 0) is 36.4 Å². The highest BCUT2D eigenvalue weighted by Crippen LogP contribution is 2.18. The molecule has 0 aromatic heterocycles. The lowest BCUT2D eigenvalue weighted by Gasteiger charge is -2.12. The summed E-state index contributed by atoms with van der Waals surface area (Å²) in [6.45, 7) is 4.42. The summed E-state index contributed by atoms with van der Waals surface area (Å²) in [4.78, 5) is 12.6. The number of para-hydroxylation sites is 1. The first-order chi connectivity index (χ1) is 12.7. The molecule has 2 aromatic carbocycles. The predicted octanol–water partition coefficient (Wildman–Crippen LogP) is 3.77. The average molecular weight is 397 g/mol. The quantitative estimate of drug-likeness (QED) is 0.600. The van der Waals surface area contributed by atoms with Crippen molar-refractivity contribution in [3.05, 3.63) is 65.0 Å². The molecular formula is C20H26ClFN2O3. The molecule has 1 amide bonds.